The quantitative estimate of drug-likeness (QED) is 0.535. The van der Waals surface area contributed by atoms with E-state index in [1.54, 1.807) is 0 Å². The van der Waals surface area contributed by atoms with Gasteiger partial charge in [0.25, 0.3) is 5.56 Å². The number of nitrogens with one attached hydrogen (secondary N) is 2. The van der Waals surface area contributed by atoms with Crippen molar-refractivity contribution in [2.75, 3.05) is 59.2 Å². The van der Waals surface area contributed by atoms with Gasteiger partial charge in [0.05, 0.1) is 32.5 Å². The SMILES string of the molecule is CCOc1ccc2[nH]c(=O)c(CN(CCN3CCOCC3)C(=S)NC[C@@H]3CCCO3)cc2c1. The van der Waals surface area contributed by atoms with E-state index in [1.807, 2.05) is 31.2 Å². The van der Waals surface area contributed by atoms with Crippen molar-refractivity contribution in [2.24, 2.45) is 0 Å². The summed E-state index contributed by atoms with van der Waals surface area (Å²) in [5.41, 5.74) is 1.38. The zero-order chi connectivity index (χ0) is 23.0. The van der Waals surface area contributed by atoms with Crippen LogP contribution in [0.1, 0.15) is 25.3 Å². The minimum Gasteiger partial charge on any atom is -0.494 e. The van der Waals surface area contributed by atoms with Gasteiger partial charge in [-0.15, -0.1) is 0 Å². The third-order valence-corrected chi connectivity index (χ3v) is 6.55. The van der Waals surface area contributed by atoms with Crippen molar-refractivity contribution in [1.29, 1.82) is 0 Å². The normalized spacial score (nSPS) is 19.0. The number of morpholine rings is 1. The molecule has 1 aromatic heterocycles. The van der Waals surface area contributed by atoms with Gasteiger partial charge in [0, 0.05) is 55.8 Å². The molecule has 0 bridgehead atoms. The van der Waals surface area contributed by atoms with Crippen LogP contribution in [0, 0.1) is 0 Å². The smallest absolute Gasteiger partial charge is 0.253 e. The Morgan fingerprint density at radius 1 is 1.30 bits per heavy atom. The number of hydrogen-bond donors (Lipinski definition) is 2. The van der Waals surface area contributed by atoms with Gasteiger partial charge in [0.15, 0.2) is 5.11 Å². The lowest BCUT2D eigenvalue weighted by Crippen LogP contribution is -2.47. The van der Waals surface area contributed by atoms with Crippen LogP contribution in [0.5, 0.6) is 5.75 Å². The molecule has 180 valence electrons. The number of rotatable bonds is 9. The Hall–Kier alpha value is -2.20. The molecule has 0 radical (unpaired) electrons. The van der Waals surface area contributed by atoms with Crippen molar-refractivity contribution < 1.29 is 14.2 Å². The van der Waals surface area contributed by atoms with E-state index in [-0.39, 0.29) is 11.7 Å². The Kier molecular flexibility index (Phi) is 8.55. The first-order valence-corrected chi connectivity index (χ1v) is 12.3. The zero-order valence-corrected chi connectivity index (χ0v) is 20.1. The number of hydrogen-bond acceptors (Lipinski definition) is 6. The summed E-state index contributed by atoms with van der Waals surface area (Å²) in [7, 11) is 0. The molecule has 2 aromatic rings. The third-order valence-electron chi connectivity index (χ3n) is 6.15. The van der Waals surface area contributed by atoms with E-state index >= 15 is 0 Å². The topological polar surface area (TPSA) is 79.1 Å². The average Bonchev–Trinajstić information content (AvgIpc) is 3.35. The van der Waals surface area contributed by atoms with Crippen LogP contribution in [0.15, 0.2) is 29.1 Å². The van der Waals surface area contributed by atoms with E-state index in [1.165, 1.54) is 0 Å². The second-order valence-electron chi connectivity index (χ2n) is 8.50. The molecule has 0 aliphatic carbocycles. The molecule has 1 aromatic carbocycles. The fraction of sp³-hybridized carbons (Fsp3) is 0.583. The lowest BCUT2D eigenvalue weighted by Gasteiger charge is -2.31. The van der Waals surface area contributed by atoms with E-state index in [0.717, 1.165) is 75.5 Å². The average molecular weight is 475 g/mol. The fourth-order valence-electron chi connectivity index (χ4n) is 4.27. The Morgan fingerprint density at radius 3 is 2.91 bits per heavy atom. The number of thiocarbonyl (C=S) groups is 1. The number of pyridine rings is 1. The van der Waals surface area contributed by atoms with Gasteiger partial charge >= 0.3 is 0 Å². The van der Waals surface area contributed by atoms with Gasteiger partial charge in [-0.3, -0.25) is 9.69 Å². The summed E-state index contributed by atoms with van der Waals surface area (Å²) in [6.45, 7) is 9.45. The molecule has 0 amide bonds. The molecule has 0 spiro atoms. The van der Waals surface area contributed by atoms with Crippen LogP contribution in [0.25, 0.3) is 10.9 Å². The van der Waals surface area contributed by atoms with Crippen molar-refractivity contribution in [2.45, 2.75) is 32.4 Å². The molecule has 2 saturated heterocycles. The van der Waals surface area contributed by atoms with Crippen molar-refractivity contribution in [1.82, 2.24) is 20.1 Å². The van der Waals surface area contributed by atoms with Crippen molar-refractivity contribution in [3.8, 4) is 5.75 Å². The van der Waals surface area contributed by atoms with Crippen LogP contribution in [0.3, 0.4) is 0 Å². The molecular formula is C24H34N4O4S. The highest BCUT2D eigenvalue weighted by molar-refractivity contribution is 7.80. The Morgan fingerprint density at radius 2 is 2.15 bits per heavy atom. The van der Waals surface area contributed by atoms with Crippen LogP contribution in [0.2, 0.25) is 0 Å². The van der Waals surface area contributed by atoms with Gasteiger partial charge in [-0.25, -0.2) is 0 Å². The molecule has 3 heterocycles. The van der Waals surface area contributed by atoms with Crippen molar-refractivity contribution >= 4 is 28.2 Å². The lowest BCUT2D eigenvalue weighted by atomic mass is 10.1. The van der Waals surface area contributed by atoms with Gasteiger partial charge in [-0.1, -0.05) is 0 Å². The summed E-state index contributed by atoms with van der Waals surface area (Å²) in [6, 6.07) is 7.67. The van der Waals surface area contributed by atoms with E-state index in [9.17, 15) is 4.79 Å². The Bertz CT molecular complexity index is 986. The highest BCUT2D eigenvalue weighted by atomic mass is 32.1. The summed E-state index contributed by atoms with van der Waals surface area (Å²) in [6.07, 6.45) is 2.34. The van der Waals surface area contributed by atoms with Gasteiger partial charge in [0.2, 0.25) is 0 Å². The molecule has 2 N–H and O–H groups in total. The number of ether oxygens (including phenoxy) is 3. The van der Waals surface area contributed by atoms with Crippen LogP contribution < -0.4 is 15.6 Å². The number of H-pyrrole nitrogens is 1. The number of benzene rings is 1. The predicted octanol–water partition coefficient (Wildman–Crippen LogP) is 2.11. The Balaban J connectivity index is 1.49. The summed E-state index contributed by atoms with van der Waals surface area (Å²) in [5, 5.41) is 4.97. The maximum Gasteiger partial charge on any atom is 0.253 e. The Labute approximate surface area is 200 Å². The van der Waals surface area contributed by atoms with Gasteiger partial charge in [-0.2, -0.15) is 0 Å². The van der Waals surface area contributed by atoms with E-state index < -0.39 is 0 Å². The molecule has 33 heavy (non-hydrogen) atoms. The predicted molar refractivity (Wildman–Crippen MR) is 133 cm³/mol. The van der Waals surface area contributed by atoms with Crippen LogP contribution in [0.4, 0.5) is 0 Å². The summed E-state index contributed by atoms with van der Waals surface area (Å²) in [5.74, 6) is 0.793. The first kappa shape index (κ1) is 23.9. The van der Waals surface area contributed by atoms with Crippen LogP contribution >= 0.6 is 12.2 Å². The second-order valence-corrected chi connectivity index (χ2v) is 8.89. The fourth-order valence-corrected chi connectivity index (χ4v) is 4.51. The number of aromatic amines is 1. The van der Waals surface area contributed by atoms with Gasteiger partial charge in [-0.05, 0) is 56.2 Å². The van der Waals surface area contributed by atoms with E-state index in [2.05, 4.69) is 20.1 Å². The molecular weight excluding hydrogens is 440 g/mol. The molecule has 1 atom stereocenters. The standard InChI is InChI=1S/C24H34N4O4S/c1-2-31-20-5-6-22-18(15-20)14-19(23(29)26-22)17-28(8-7-27-9-12-30-13-10-27)24(33)25-16-21-4-3-11-32-21/h5-6,14-15,21H,2-4,7-13,16-17H2,1H3,(H,25,33)(H,26,29)/t21-/m0/s1. The lowest BCUT2D eigenvalue weighted by molar-refractivity contribution is 0.0356. The second kappa shape index (κ2) is 11.8. The van der Waals surface area contributed by atoms with E-state index in [0.29, 0.717) is 30.4 Å². The number of fused-ring (bicyclic) bond motifs is 1. The molecule has 9 heteroatoms. The molecule has 2 fully saturated rings. The largest absolute Gasteiger partial charge is 0.494 e. The van der Waals surface area contributed by atoms with Crippen LogP contribution in [-0.4, -0.2) is 85.2 Å². The van der Waals surface area contributed by atoms with Gasteiger partial charge in [0.1, 0.15) is 5.75 Å². The molecule has 4 rings (SSSR count). The third kappa shape index (κ3) is 6.66. The minimum atomic E-state index is -0.0926. The summed E-state index contributed by atoms with van der Waals surface area (Å²) >= 11 is 5.75. The molecule has 0 saturated carbocycles. The zero-order valence-electron chi connectivity index (χ0n) is 19.3. The molecule has 0 unspecified atom stereocenters. The first-order valence-electron chi connectivity index (χ1n) is 11.9. The summed E-state index contributed by atoms with van der Waals surface area (Å²) in [4.78, 5) is 20.3. The first-order chi connectivity index (χ1) is 16.1. The highest BCUT2D eigenvalue weighted by Gasteiger charge is 2.19. The summed E-state index contributed by atoms with van der Waals surface area (Å²) < 4.78 is 16.8. The van der Waals surface area contributed by atoms with Crippen molar-refractivity contribution in [3.05, 3.63) is 40.2 Å². The highest BCUT2D eigenvalue weighted by Crippen LogP contribution is 2.20. The molecule has 2 aliphatic rings. The number of aromatic nitrogens is 1. The van der Waals surface area contributed by atoms with Crippen molar-refractivity contribution in [3.63, 3.8) is 0 Å². The molecule has 8 nitrogen and oxygen atoms in total. The minimum absolute atomic E-state index is 0.0926. The maximum absolute atomic E-state index is 12.9. The monoisotopic (exact) mass is 474 g/mol. The maximum atomic E-state index is 12.9. The van der Waals surface area contributed by atoms with Crippen LogP contribution in [-0.2, 0) is 16.0 Å². The number of nitrogens with zero attached hydrogens (tertiary/aromatic N) is 2. The molecule has 2 aliphatic heterocycles. The van der Waals surface area contributed by atoms with E-state index in [4.69, 9.17) is 26.4 Å². The van der Waals surface area contributed by atoms with Gasteiger partial charge < -0.3 is 29.4 Å².